The summed E-state index contributed by atoms with van der Waals surface area (Å²) >= 11 is 0. The van der Waals surface area contributed by atoms with Crippen LogP contribution < -0.4 is 0 Å². The molecular formula is C21H44O3. The second kappa shape index (κ2) is 22.4. The smallest absolute Gasteiger partial charge is 0.303 e. The summed E-state index contributed by atoms with van der Waals surface area (Å²) in [4.78, 5) is 9.37. The fourth-order valence-electron chi connectivity index (χ4n) is 2.63. The van der Waals surface area contributed by atoms with Crippen molar-refractivity contribution in [1.29, 1.82) is 0 Å². The maximum Gasteiger partial charge on any atom is 0.303 e. The molecule has 0 aromatic rings. The van der Waals surface area contributed by atoms with Crippen molar-refractivity contribution in [2.75, 3.05) is 0 Å². The first-order valence-electron chi connectivity index (χ1n) is 10.4. The lowest BCUT2D eigenvalue weighted by Gasteiger charge is -2.04. The summed E-state index contributed by atoms with van der Waals surface area (Å²) in [5.74, 6) is -0.745. The summed E-state index contributed by atoms with van der Waals surface area (Å²) in [6.07, 6.45) is 20.7. The number of carboxylic acids is 1. The third kappa shape index (κ3) is 29.4. The second-order valence-electron chi connectivity index (χ2n) is 6.98. The Labute approximate surface area is 151 Å². The Bertz CT molecular complexity index is 239. The van der Waals surface area contributed by atoms with E-state index in [1.165, 1.54) is 89.9 Å². The van der Waals surface area contributed by atoms with Crippen molar-refractivity contribution in [3.05, 3.63) is 0 Å². The van der Waals surface area contributed by atoms with Gasteiger partial charge in [0.15, 0.2) is 0 Å². The summed E-state index contributed by atoms with van der Waals surface area (Å²) in [5, 5.41) is 16.9. The van der Waals surface area contributed by atoms with Crippen molar-refractivity contribution in [3.8, 4) is 0 Å². The molecule has 0 rings (SSSR count). The molecule has 0 aliphatic carbocycles. The lowest BCUT2D eigenvalue weighted by Crippen LogP contribution is -1.98. The first-order valence-corrected chi connectivity index (χ1v) is 10.4. The molecule has 24 heavy (non-hydrogen) atoms. The van der Waals surface area contributed by atoms with Crippen molar-refractivity contribution in [2.24, 2.45) is 0 Å². The van der Waals surface area contributed by atoms with Crippen molar-refractivity contribution in [3.63, 3.8) is 0 Å². The lowest BCUT2D eigenvalue weighted by molar-refractivity contribution is -0.136. The number of carboxylic acid groups (broad SMARTS) is 1. The largest absolute Gasteiger partial charge is 0.481 e. The minimum atomic E-state index is -0.745. The van der Waals surface area contributed by atoms with Crippen molar-refractivity contribution in [1.82, 2.24) is 0 Å². The standard InChI is InChI=1S/C18H38O.C3H6O2/c1-3-4-5-6-7-8-9-10-11-12-13-14-15-16-17-18(2)19;1-2-3(4)5/h18-19H,3-17H2,1-2H3;2H2,1H3,(H,4,5). The predicted molar refractivity (Wildman–Crippen MR) is 105 cm³/mol. The third-order valence-corrected chi connectivity index (χ3v) is 4.28. The Hall–Kier alpha value is -0.570. The lowest BCUT2D eigenvalue weighted by atomic mass is 10.0. The number of aliphatic carboxylic acids is 1. The van der Waals surface area contributed by atoms with Crippen molar-refractivity contribution >= 4 is 5.97 Å². The van der Waals surface area contributed by atoms with E-state index in [0.29, 0.717) is 0 Å². The highest BCUT2D eigenvalue weighted by Gasteiger charge is 1.96. The minimum Gasteiger partial charge on any atom is -0.481 e. The third-order valence-electron chi connectivity index (χ3n) is 4.28. The number of aliphatic hydroxyl groups is 1. The van der Waals surface area contributed by atoms with Gasteiger partial charge in [-0.1, -0.05) is 104 Å². The van der Waals surface area contributed by atoms with Gasteiger partial charge in [0.1, 0.15) is 0 Å². The monoisotopic (exact) mass is 344 g/mol. The molecule has 0 heterocycles. The van der Waals surface area contributed by atoms with Crippen LogP contribution in [0.25, 0.3) is 0 Å². The van der Waals surface area contributed by atoms with E-state index in [2.05, 4.69) is 6.92 Å². The molecule has 0 radical (unpaired) electrons. The number of unbranched alkanes of at least 4 members (excludes halogenated alkanes) is 13. The molecule has 1 unspecified atom stereocenters. The van der Waals surface area contributed by atoms with E-state index in [1.807, 2.05) is 6.92 Å². The Morgan fingerprint density at radius 1 is 0.708 bits per heavy atom. The summed E-state index contributed by atoms with van der Waals surface area (Å²) in [7, 11) is 0. The Morgan fingerprint density at radius 3 is 1.25 bits per heavy atom. The van der Waals surface area contributed by atoms with Crippen LogP contribution in [-0.4, -0.2) is 22.3 Å². The van der Waals surface area contributed by atoms with E-state index in [9.17, 15) is 4.79 Å². The molecule has 0 aliphatic rings. The summed E-state index contributed by atoms with van der Waals surface area (Å²) in [6, 6.07) is 0. The Balaban J connectivity index is 0. The minimum absolute atomic E-state index is 0.0997. The SMILES string of the molecule is CCC(=O)O.CCCCCCCCCCCCCCCCC(C)O. The number of hydrogen-bond acceptors (Lipinski definition) is 2. The van der Waals surface area contributed by atoms with E-state index >= 15 is 0 Å². The molecule has 2 N–H and O–H groups in total. The first-order chi connectivity index (χ1) is 11.5. The summed E-state index contributed by atoms with van der Waals surface area (Å²) < 4.78 is 0. The van der Waals surface area contributed by atoms with Gasteiger partial charge in [-0.15, -0.1) is 0 Å². The van der Waals surface area contributed by atoms with Gasteiger partial charge < -0.3 is 10.2 Å². The zero-order valence-corrected chi connectivity index (χ0v) is 16.7. The van der Waals surface area contributed by atoms with Gasteiger partial charge in [-0.05, 0) is 13.3 Å². The number of carbonyl (C=O) groups is 1. The van der Waals surface area contributed by atoms with Crippen LogP contribution in [0.1, 0.15) is 124 Å². The number of rotatable bonds is 16. The molecule has 146 valence electrons. The van der Waals surface area contributed by atoms with Gasteiger partial charge in [0.05, 0.1) is 6.10 Å². The van der Waals surface area contributed by atoms with Crippen LogP contribution in [0.4, 0.5) is 0 Å². The van der Waals surface area contributed by atoms with E-state index in [0.717, 1.165) is 6.42 Å². The molecule has 0 aromatic heterocycles. The molecule has 0 saturated carbocycles. The highest BCUT2D eigenvalue weighted by Crippen LogP contribution is 2.13. The summed E-state index contributed by atoms with van der Waals surface area (Å²) in [5.41, 5.74) is 0. The normalized spacial score (nSPS) is 11.7. The second-order valence-corrected chi connectivity index (χ2v) is 6.98. The van der Waals surface area contributed by atoms with Gasteiger partial charge >= 0.3 is 5.97 Å². The average molecular weight is 345 g/mol. The van der Waals surface area contributed by atoms with Crippen LogP contribution in [0, 0.1) is 0 Å². The zero-order chi connectivity index (χ0) is 18.5. The molecule has 1 atom stereocenters. The predicted octanol–water partition coefficient (Wildman–Crippen LogP) is 6.72. The van der Waals surface area contributed by atoms with Gasteiger partial charge in [-0.3, -0.25) is 4.79 Å². The van der Waals surface area contributed by atoms with E-state index in [-0.39, 0.29) is 12.5 Å². The van der Waals surface area contributed by atoms with Crippen LogP contribution in [0.3, 0.4) is 0 Å². The molecule has 0 bridgehead atoms. The van der Waals surface area contributed by atoms with Crippen molar-refractivity contribution in [2.45, 2.75) is 130 Å². The van der Waals surface area contributed by atoms with Crippen LogP contribution in [0.15, 0.2) is 0 Å². The molecule has 0 saturated heterocycles. The van der Waals surface area contributed by atoms with Gasteiger partial charge in [-0.2, -0.15) is 0 Å². The molecule has 0 spiro atoms. The van der Waals surface area contributed by atoms with Crippen LogP contribution in [0.5, 0.6) is 0 Å². The highest BCUT2D eigenvalue weighted by atomic mass is 16.4. The maximum atomic E-state index is 9.37. The maximum absolute atomic E-state index is 9.37. The Kier molecular flexibility index (Phi) is 24.0. The van der Waals surface area contributed by atoms with Gasteiger partial charge in [-0.25, -0.2) is 0 Å². The van der Waals surface area contributed by atoms with Gasteiger partial charge in [0.2, 0.25) is 0 Å². The van der Waals surface area contributed by atoms with Crippen LogP contribution in [0.2, 0.25) is 0 Å². The molecule has 0 aromatic carbocycles. The van der Waals surface area contributed by atoms with Gasteiger partial charge in [0.25, 0.3) is 0 Å². The molecule has 3 heteroatoms. The molecule has 3 nitrogen and oxygen atoms in total. The van der Waals surface area contributed by atoms with Crippen LogP contribution in [-0.2, 0) is 4.79 Å². The van der Waals surface area contributed by atoms with E-state index in [1.54, 1.807) is 6.92 Å². The molecule has 0 fully saturated rings. The fourth-order valence-corrected chi connectivity index (χ4v) is 2.63. The molecular weight excluding hydrogens is 300 g/mol. The molecule has 0 aliphatic heterocycles. The highest BCUT2D eigenvalue weighted by molar-refractivity contribution is 5.66. The first kappa shape index (κ1) is 25.7. The average Bonchev–Trinajstić information content (AvgIpc) is 2.55. The zero-order valence-electron chi connectivity index (χ0n) is 16.7. The Morgan fingerprint density at radius 2 is 1.00 bits per heavy atom. The van der Waals surface area contributed by atoms with Crippen LogP contribution >= 0.6 is 0 Å². The van der Waals surface area contributed by atoms with Gasteiger partial charge in [0, 0.05) is 6.42 Å². The number of aliphatic hydroxyl groups excluding tert-OH is 1. The van der Waals surface area contributed by atoms with E-state index in [4.69, 9.17) is 10.2 Å². The van der Waals surface area contributed by atoms with Crippen molar-refractivity contribution < 1.29 is 15.0 Å². The topological polar surface area (TPSA) is 57.5 Å². The van der Waals surface area contributed by atoms with E-state index < -0.39 is 5.97 Å². The number of hydrogen-bond donors (Lipinski definition) is 2. The quantitative estimate of drug-likeness (QED) is 0.305. The summed E-state index contributed by atoms with van der Waals surface area (Å²) in [6.45, 7) is 5.77. The fraction of sp³-hybridized carbons (Fsp3) is 0.952. The molecule has 0 amide bonds.